The van der Waals surface area contributed by atoms with Crippen molar-refractivity contribution < 1.29 is 9.47 Å². The van der Waals surface area contributed by atoms with Crippen molar-refractivity contribution in [3.8, 4) is 11.5 Å². The molecule has 2 N–H and O–H groups in total. The number of ether oxygens (including phenoxy) is 2. The van der Waals surface area contributed by atoms with E-state index < -0.39 is 0 Å². The summed E-state index contributed by atoms with van der Waals surface area (Å²) in [5.74, 6) is 2.38. The lowest BCUT2D eigenvalue weighted by atomic mass is 10.2. The van der Waals surface area contributed by atoms with Crippen molar-refractivity contribution in [2.45, 2.75) is 58.7 Å². The molecule has 28 heavy (non-hydrogen) atoms. The van der Waals surface area contributed by atoms with Crippen molar-refractivity contribution in [2.24, 2.45) is 4.99 Å². The third-order valence-electron chi connectivity index (χ3n) is 4.92. The summed E-state index contributed by atoms with van der Waals surface area (Å²) in [7, 11) is 3.46. The summed E-state index contributed by atoms with van der Waals surface area (Å²) in [4.78, 5) is 10.0. The summed E-state index contributed by atoms with van der Waals surface area (Å²) in [5.41, 5.74) is 2.20. The van der Waals surface area contributed by atoms with Crippen molar-refractivity contribution in [1.29, 1.82) is 0 Å². The lowest BCUT2D eigenvalue weighted by Crippen LogP contribution is -2.36. The minimum absolute atomic E-state index is 0.303. The lowest BCUT2D eigenvalue weighted by molar-refractivity contribution is 0.200. The SMILES string of the molecule is CN=C(NCc1ccc(OC)c(OC2CCCC2)c1)NCc1sc(C)nc1C. The van der Waals surface area contributed by atoms with E-state index in [1.54, 1.807) is 25.5 Å². The minimum atomic E-state index is 0.303. The molecule has 0 saturated heterocycles. The van der Waals surface area contributed by atoms with Gasteiger partial charge < -0.3 is 20.1 Å². The first-order chi connectivity index (χ1) is 13.6. The molecule has 0 aliphatic heterocycles. The van der Waals surface area contributed by atoms with Crippen LogP contribution in [0.3, 0.4) is 0 Å². The van der Waals surface area contributed by atoms with Gasteiger partial charge in [-0.15, -0.1) is 11.3 Å². The fraction of sp³-hybridized carbons (Fsp3) is 0.524. The molecule has 1 heterocycles. The highest BCUT2D eigenvalue weighted by Gasteiger charge is 2.18. The molecule has 1 aliphatic carbocycles. The van der Waals surface area contributed by atoms with Gasteiger partial charge in [-0.1, -0.05) is 6.07 Å². The van der Waals surface area contributed by atoms with Crippen LogP contribution in [-0.4, -0.2) is 31.2 Å². The third-order valence-corrected chi connectivity index (χ3v) is 6.00. The van der Waals surface area contributed by atoms with Crippen LogP contribution in [0.1, 0.15) is 46.8 Å². The second kappa shape index (κ2) is 9.78. The normalized spacial score (nSPS) is 14.9. The van der Waals surface area contributed by atoms with Crippen LogP contribution in [0.25, 0.3) is 0 Å². The zero-order valence-electron chi connectivity index (χ0n) is 17.2. The predicted octanol–water partition coefficient (Wildman–Crippen LogP) is 3.96. The zero-order valence-corrected chi connectivity index (χ0v) is 18.0. The van der Waals surface area contributed by atoms with E-state index >= 15 is 0 Å². The average Bonchev–Trinajstić information content (AvgIpc) is 3.31. The Morgan fingerprint density at radius 1 is 1.18 bits per heavy atom. The molecule has 0 radical (unpaired) electrons. The Hall–Kier alpha value is -2.28. The Kier molecular flexibility index (Phi) is 7.14. The van der Waals surface area contributed by atoms with Gasteiger partial charge >= 0.3 is 0 Å². The van der Waals surface area contributed by atoms with Crippen molar-refractivity contribution in [1.82, 2.24) is 15.6 Å². The molecule has 0 spiro atoms. The number of hydrogen-bond acceptors (Lipinski definition) is 5. The molecule has 0 unspecified atom stereocenters. The number of nitrogens with zero attached hydrogens (tertiary/aromatic N) is 2. The molecule has 6 nitrogen and oxygen atoms in total. The molecular weight excluding hydrogens is 372 g/mol. The summed E-state index contributed by atoms with van der Waals surface area (Å²) >= 11 is 1.72. The van der Waals surface area contributed by atoms with Crippen LogP contribution in [0.5, 0.6) is 11.5 Å². The quantitative estimate of drug-likeness (QED) is 0.542. The molecule has 0 bridgehead atoms. The number of methoxy groups -OCH3 is 1. The summed E-state index contributed by atoms with van der Waals surface area (Å²) in [6.07, 6.45) is 5.04. The van der Waals surface area contributed by atoms with Crippen molar-refractivity contribution in [3.05, 3.63) is 39.3 Å². The molecule has 7 heteroatoms. The number of aromatic nitrogens is 1. The fourth-order valence-corrected chi connectivity index (χ4v) is 4.29. The number of aryl methyl sites for hydroxylation is 2. The third kappa shape index (κ3) is 5.38. The van der Waals surface area contributed by atoms with E-state index in [-0.39, 0.29) is 0 Å². The van der Waals surface area contributed by atoms with Crippen molar-refractivity contribution in [3.63, 3.8) is 0 Å². The molecule has 1 aromatic carbocycles. The van der Waals surface area contributed by atoms with E-state index in [0.29, 0.717) is 12.6 Å². The van der Waals surface area contributed by atoms with Crippen LogP contribution in [0.4, 0.5) is 0 Å². The van der Waals surface area contributed by atoms with Crippen LogP contribution < -0.4 is 20.1 Å². The molecule has 3 rings (SSSR count). The topological polar surface area (TPSA) is 67.8 Å². The van der Waals surface area contributed by atoms with Gasteiger partial charge in [0, 0.05) is 18.5 Å². The summed E-state index contributed by atoms with van der Waals surface area (Å²) in [6.45, 7) is 5.45. The maximum atomic E-state index is 6.19. The Morgan fingerprint density at radius 2 is 1.93 bits per heavy atom. The van der Waals surface area contributed by atoms with Gasteiger partial charge in [0.25, 0.3) is 0 Å². The predicted molar refractivity (Wildman–Crippen MR) is 115 cm³/mol. The van der Waals surface area contributed by atoms with Gasteiger partial charge in [-0.05, 0) is 57.2 Å². The molecule has 152 valence electrons. The van der Waals surface area contributed by atoms with Crippen LogP contribution in [0.2, 0.25) is 0 Å². The van der Waals surface area contributed by atoms with Gasteiger partial charge in [0.15, 0.2) is 17.5 Å². The van der Waals surface area contributed by atoms with Crippen molar-refractivity contribution in [2.75, 3.05) is 14.2 Å². The Labute approximate surface area is 171 Å². The molecule has 2 aromatic rings. The summed E-state index contributed by atoms with van der Waals surface area (Å²) in [5, 5.41) is 7.81. The fourth-order valence-electron chi connectivity index (χ4n) is 3.42. The zero-order chi connectivity index (χ0) is 19.9. The first-order valence-corrected chi connectivity index (χ1v) is 10.6. The van der Waals surface area contributed by atoms with E-state index in [2.05, 4.69) is 32.7 Å². The number of aliphatic imine (C=N–C) groups is 1. The Morgan fingerprint density at radius 3 is 2.57 bits per heavy atom. The van der Waals surface area contributed by atoms with Gasteiger partial charge in [-0.25, -0.2) is 4.98 Å². The molecule has 1 aromatic heterocycles. The number of benzene rings is 1. The second-order valence-electron chi connectivity index (χ2n) is 7.03. The first kappa shape index (κ1) is 20.5. The van der Waals surface area contributed by atoms with Crippen molar-refractivity contribution >= 4 is 17.3 Å². The Balaban J connectivity index is 1.58. The molecule has 0 amide bonds. The molecule has 1 aliphatic rings. The lowest BCUT2D eigenvalue weighted by Gasteiger charge is -2.17. The summed E-state index contributed by atoms with van der Waals surface area (Å²) < 4.78 is 11.7. The van der Waals surface area contributed by atoms with Gasteiger partial charge in [0.1, 0.15) is 0 Å². The summed E-state index contributed by atoms with van der Waals surface area (Å²) in [6, 6.07) is 6.09. The average molecular weight is 403 g/mol. The van der Waals surface area contributed by atoms with Crippen LogP contribution >= 0.6 is 11.3 Å². The smallest absolute Gasteiger partial charge is 0.191 e. The molecule has 1 fully saturated rings. The maximum Gasteiger partial charge on any atom is 0.191 e. The highest BCUT2D eigenvalue weighted by molar-refractivity contribution is 7.11. The van der Waals surface area contributed by atoms with E-state index in [1.807, 2.05) is 19.9 Å². The number of nitrogens with one attached hydrogen (secondary N) is 2. The number of guanidine groups is 1. The first-order valence-electron chi connectivity index (χ1n) is 9.80. The van der Waals surface area contributed by atoms with Gasteiger partial charge in [0.2, 0.25) is 0 Å². The number of thiazole rings is 1. The van der Waals surface area contributed by atoms with Crippen LogP contribution in [-0.2, 0) is 13.1 Å². The number of rotatable bonds is 7. The Bertz CT molecular complexity index is 813. The van der Waals surface area contributed by atoms with E-state index in [4.69, 9.17) is 9.47 Å². The van der Waals surface area contributed by atoms with Crippen LogP contribution in [0, 0.1) is 13.8 Å². The second-order valence-corrected chi connectivity index (χ2v) is 8.32. The number of hydrogen-bond donors (Lipinski definition) is 2. The van der Waals surface area contributed by atoms with Gasteiger partial charge in [-0.3, -0.25) is 4.99 Å². The monoisotopic (exact) mass is 402 g/mol. The largest absolute Gasteiger partial charge is 0.493 e. The molecule has 0 atom stereocenters. The minimum Gasteiger partial charge on any atom is -0.493 e. The highest BCUT2D eigenvalue weighted by atomic mass is 32.1. The van der Waals surface area contributed by atoms with Gasteiger partial charge in [0.05, 0.1) is 30.5 Å². The van der Waals surface area contributed by atoms with Crippen LogP contribution in [0.15, 0.2) is 23.2 Å². The van der Waals surface area contributed by atoms with E-state index in [1.165, 1.54) is 17.7 Å². The standard InChI is InChI=1S/C21H30N4O2S/c1-14-20(28-15(2)25-14)13-24-21(22-3)23-12-16-9-10-18(26-4)19(11-16)27-17-7-5-6-8-17/h9-11,17H,5-8,12-13H2,1-4H3,(H2,22,23,24). The van der Waals surface area contributed by atoms with E-state index in [0.717, 1.165) is 53.1 Å². The molecule has 1 saturated carbocycles. The van der Waals surface area contributed by atoms with Gasteiger partial charge in [-0.2, -0.15) is 0 Å². The maximum absolute atomic E-state index is 6.19. The van der Waals surface area contributed by atoms with E-state index in [9.17, 15) is 0 Å². The molecular formula is C21H30N4O2S. The highest BCUT2D eigenvalue weighted by Crippen LogP contribution is 2.32.